The second kappa shape index (κ2) is 8.50. The molecule has 0 spiro atoms. The number of benzene rings is 1. The fourth-order valence-corrected chi connectivity index (χ4v) is 3.94. The summed E-state index contributed by atoms with van der Waals surface area (Å²) in [5.74, 6) is 1.77. The number of hydrogen-bond acceptors (Lipinski definition) is 4. The molecule has 1 amide bonds. The van der Waals surface area contributed by atoms with E-state index in [0.717, 1.165) is 49.5 Å². The van der Waals surface area contributed by atoms with E-state index in [1.165, 1.54) is 12.8 Å². The van der Waals surface area contributed by atoms with Crippen molar-refractivity contribution < 1.29 is 9.90 Å². The van der Waals surface area contributed by atoms with Crippen LogP contribution < -0.4 is 9.80 Å². The number of aliphatic hydroxyl groups excluding tert-OH is 1. The summed E-state index contributed by atoms with van der Waals surface area (Å²) < 4.78 is 0. The molecule has 28 heavy (non-hydrogen) atoms. The van der Waals surface area contributed by atoms with Gasteiger partial charge in [-0.15, -0.1) is 0 Å². The number of carbonyl (C=O) groups is 1. The van der Waals surface area contributed by atoms with E-state index in [1.807, 2.05) is 41.3 Å². The maximum Gasteiger partial charge on any atom is 0.230 e. The van der Waals surface area contributed by atoms with E-state index in [9.17, 15) is 9.90 Å². The van der Waals surface area contributed by atoms with Crippen molar-refractivity contribution in [1.29, 1.82) is 0 Å². The summed E-state index contributed by atoms with van der Waals surface area (Å²) in [6.07, 6.45) is 5.79. The number of anilines is 2. The number of hydrogen-bond donors (Lipinski definition) is 1. The Hall–Kier alpha value is -2.11. The van der Waals surface area contributed by atoms with Gasteiger partial charge in [0.05, 0.1) is 6.61 Å². The quantitative estimate of drug-likeness (QED) is 0.800. The van der Waals surface area contributed by atoms with Gasteiger partial charge >= 0.3 is 0 Å². The van der Waals surface area contributed by atoms with Gasteiger partial charge in [0.25, 0.3) is 0 Å². The van der Waals surface area contributed by atoms with Crippen LogP contribution in [0.2, 0.25) is 5.02 Å². The molecule has 1 N–H and O–H groups in total. The van der Waals surface area contributed by atoms with E-state index in [0.29, 0.717) is 10.9 Å². The van der Waals surface area contributed by atoms with Crippen LogP contribution in [-0.2, 0) is 11.4 Å². The molecule has 2 aliphatic rings. The fraction of sp³-hybridized carbons (Fsp3) is 0.455. The average Bonchev–Trinajstić information content (AvgIpc) is 3.57. The predicted molar refractivity (Wildman–Crippen MR) is 112 cm³/mol. The average molecular weight is 400 g/mol. The third-order valence-corrected chi connectivity index (χ3v) is 5.95. The van der Waals surface area contributed by atoms with Gasteiger partial charge in [0.15, 0.2) is 0 Å². The third kappa shape index (κ3) is 4.47. The maximum atomic E-state index is 13.3. The van der Waals surface area contributed by atoms with Crippen LogP contribution in [0.15, 0.2) is 42.6 Å². The highest BCUT2D eigenvalue weighted by molar-refractivity contribution is 6.30. The van der Waals surface area contributed by atoms with Crippen LogP contribution in [0.1, 0.15) is 31.2 Å². The lowest BCUT2D eigenvalue weighted by Gasteiger charge is -2.35. The SMILES string of the molecule is O=C(C1CCN(c2cc(CO)ccn2)CC1)N(CC1CC1)c1ccc(Cl)cc1. The van der Waals surface area contributed by atoms with Gasteiger partial charge < -0.3 is 14.9 Å². The summed E-state index contributed by atoms with van der Waals surface area (Å²) >= 11 is 6.03. The lowest BCUT2D eigenvalue weighted by atomic mass is 9.94. The van der Waals surface area contributed by atoms with Crippen molar-refractivity contribution in [3.05, 3.63) is 53.2 Å². The van der Waals surface area contributed by atoms with Gasteiger partial charge in [-0.1, -0.05) is 11.6 Å². The molecule has 1 aliphatic carbocycles. The zero-order chi connectivity index (χ0) is 19.5. The standard InChI is InChI=1S/C22H26ClN3O2/c23-19-3-5-20(6-4-19)26(14-16-1-2-16)22(28)18-8-11-25(12-9-18)21-13-17(15-27)7-10-24-21/h3-7,10,13,16,18,27H,1-2,8-9,11-12,14-15H2. The Kier molecular flexibility index (Phi) is 5.83. The van der Waals surface area contributed by atoms with Gasteiger partial charge in [-0.2, -0.15) is 0 Å². The van der Waals surface area contributed by atoms with Crippen molar-refractivity contribution in [2.75, 3.05) is 29.4 Å². The van der Waals surface area contributed by atoms with Crippen molar-refractivity contribution in [3.63, 3.8) is 0 Å². The lowest BCUT2D eigenvalue weighted by molar-refractivity contribution is -0.123. The minimum atomic E-state index is 0.0156. The summed E-state index contributed by atoms with van der Waals surface area (Å²) in [5, 5.41) is 10.0. The number of halogens is 1. The first-order chi connectivity index (χ1) is 13.6. The molecule has 1 aromatic heterocycles. The second-order valence-electron chi connectivity index (χ2n) is 7.81. The largest absolute Gasteiger partial charge is 0.392 e. The van der Waals surface area contributed by atoms with Crippen LogP contribution in [-0.4, -0.2) is 35.6 Å². The van der Waals surface area contributed by atoms with Crippen LogP contribution >= 0.6 is 11.6 Å². The number of carbonyl (C=O) groups excluding carboxylic acids is 1. The zero-order valence-electron chi connectivity index (χ0n) is 15.9. The Bertz CT molecular complexity index is 815. The van der Waals surface area contributed by atoms with E-state index in [4.69, 9.17) is 11.6 Å². The van der Waals surface area contributed by atoms with Gasteiger partial charge in [-0.3, -0.25) is 4.79 Å². The number of piperidine rings is 1. The first kappa shape index (κ1) is 19.2. The van der Waals surface area contributed by atoms with Crippen LogP contribution in [0.3, 0.4) is 0 Å². The number of nitrogens with zero attached hydrogens (tertiary/aromatic N) is 3. The Morgan fingerprint density at radius 1 is 1.14 bits per heavy atom. The Labute approximate surface area is 170 Å². The summed E-state index contributed by atoms with van der Waals surface area (Å²) in [6, 6.07) is 11.3. The van der Waals surface area contributed by atoms with Gasteiger partial charge in [0, 0.05) is 42.5 Å². The van der Waals surface area contributed by atoms with Crippen LogP contribution in [0.5, 0.6) is 0 Å². The maximum absolute atomic E-state index is 13.3. The molecule has 0 atom stereocenters. The number of aromatic nitrogens is 1. The van der Waals surface area contributed by atoms with E-state index < -0.39 is 0 Å². The lowest BCUT2D eigenvalue weighted by Crippen LogP contribution is -2.43. The fourth-order valence-electron chi connectivity index (χ4n) is 3.81. The molecule has 5 nitrogen and oxygen atoms in total. The van der Waals surface area contributed by atoms with Crippen molar-refractivity contribution in [3.8, 4) is 0 Å². The first-order valence-corrected chi connectivity index (χ1v) is 10.4. The van der Waals surface area contributed by atoms with E-state index in [1.54, 1.807) is 6.20 Å². The first-order valence-electron chi connectivity index (χ1n) is 10.0. The molecule has 148 valence electrons. The molecule has 6 heteroatoms. The minimum absolute atomic E-state index is 0.0156. The second-order valence-corrected chi connectivity index (χ2v) is 8.25. The summed E-state index contributed by atoms with van der Waals surface area (Å²) in [6.45, 7) is 2.43. The molecule has 4 rings (SSSR count). The van der Waals surface area contributed by atoms with Crippen LogP contribution in [0, 0.1) is 11.8 Å². The van der Waals surface area contributed by atoms with E-state index in [-0.39, 0.29) is 18.4 Å². The predicted octanol–water partition coefficient (Wildman–Crippen LogP) is 3.89. The third-order valence-electron chi connectivity index (χ3n) is 5.70. The molecule has 0 bridgehead atoms. The summed E-state index contributed by atoms with van der Waals surface area (Å²) in [4.78, 5) is 21.9. The Balaban J connectivity index is 1.43. The smallest absolute Gasteiger partial charge is 0.230 e. The van der Waals surface area contributed by atoms with Gasteiger partial charge in [-0.05, 0) is 73.6 Å². The number of aliphatic hydroxyl groups is 1. The number of rotatable bonds is 6. The molecular formula is C22H26ClN3O2. The number of amides is 1. The molecule has 1 saturated heterocycles. The highest BCUT2D eigenvalue weighted by atomic mass is 35.5. The van der Waals surface area contributed by atoms with E-state index in [2.05, 4.69) is 9.88 Å². The van der Waals surface area contributed by atoms with Crippen molar-refractivity contribution in [2.24, 2.45) is 11.8 Å². The monoisotopic (exact) mass is 399 g/mol. The molecule has 0 radical (unpaired) electrons. The molecule has 2 heterocycles. The molecule has 1 aliphatic heterocycles. The van der Waals surface area contributed by atoms with Crippen molar-refractivity contribution in [1.82, 2.24) is 4.98 Å². The molecule has 1 saturated carbocycles. The summed E-state index contributed by atoms with van der Waals surface area (Å²) in [7, 11) is 0. The highest BCUT2D eigenvalue weighted by Crippen LogP contribution is 2.34. The Morgan fingerprint density at radius 2 is 1.86 bits per heavy atom. The number of pyridine rings is 1. The van der Waals surface area contributed by atoms with Gasteiger partial charge in [0.1, 0.15) is 5.82 Å². The molecule has 2 aromatic rings. The van der Waals surface area contributed by atoms with Crippen molar-refractivity contribution >= 4 is 29.0 Å². The highest BCUT2D eigenvalue weighted by Gasteiger charge is 2.33. The zero-order valence-corrected chi connectivity index (χ0v) is 16.7. The molecule has 0 unspecified atom stereocenters. The topological polar surface area (TPSA) is 56.7 Å². The van der Waals surface area contributed by atoms with E-state index >= 15 is 0 Å². The van der Waals surface area contributed by atoms with Crippen LogP contribution in [0.25, 0.3) is 0 Å². The minimum Gasteiger partial charge on any atom is -0.392 e. The normalized spacial score (nSPS) is 17.6. The molecule has 2 fully saturated rings. The molecule has 1 aromatic carbocycles. The van der Waals surface area contributed by atoms with Gasteiger partial charge in [0.2, 0.25) is 5.91 Å². The van der Waals surface area contributed by atoms with Crippen LogP contribution in [0.4, 0.5) is 11.5 Å². The molecular weight excluding hydrogens is 374 g/mol. The summed E-state index contributed by atoms with van der Waals surface area (Å²) in [5.41, 5.74) is 1.81. The van der Waals surface area contributed by atoms with Crippen molar-refractivity contribution in [2.45, 2.75) is 32.3 Å². The Morgan fingerprint density at radius 3 is 2.50 bits per heavy atom. The van der Waals surface area contributed by atoms with Gasteiger partial charge in [-0.25, -0.2) is 4.98 Å².